The molecule has 1 aromatic heterocycles. The number of ether oxygens (including phenoxy) is 2. The van der Waals surface area contributed by atoms with E-state index in [2.05, 4.69) is 15.5 Å². The summed E-state index contributed by atoms with van der Waals surface area (Å²) in [6.45, 7) is 2.23. The number of nitrogens with one attached hydrogen (secondary N) is 1. The molecule has 132 valence electrons. The zero-order valence-corrected chi connectivity index (χ0v) is 14.9. The standard InChI is InChI=1S/C17H23N3O3.ClH/c1-21-14-5-3-13(9-15(14)22-2)10-16-19-17(23-20-16)6-4-12-7-8-18-11-12;/h3,5,9,12,18H,4,6-8,10-11H2,1-2H3;1H. The molecule has 1 aliphatic rings. The first-order valence-corrected chi connectivity index (χ1v) is 8.01. The molecule has 1 atom stereocenters. The average molecular weight is 354 g/mol. The molecular weight excluding hydrogens is 330 g/mol. The molecule has 2 aromatic rings. The normalized spacial score (nSPS) is 16.7. The Morgan fingerprint density at radius 1 is 1.25 bits per heavy atom. The van der Waals surface area contributed by atoms with Crippen LogP contribution >= 0.6 is 12.4 Å². The Kier molecular flexibility index (Phi) is 6.87. The zero-order chi connectivity index (χ0) is 16.1. The summed E-state index contributed by atoms with van der Waals surface area (Å²) in [5.74, 6) is 3.60. The number of aromatic nitrogens is 2. The SMILES string of the molecule is COc1ccc(Cc2noc(CCC3CCNC3)n2)cc1OC.Cl. The predicted molar refractivity (Wildman–Crippen MR) is 93.2 cm³/mol. The van der Waals surface area contributed by atoms with Gasteiger partial charge in [0.2, 0.25) is 5.89 Å². The number of methoxy groups -OCH3 is 2. The Labute approximate surface area is 148 Å². The molecule has 0 radical (unpaired) electrons. The Morgan fingerprint density at radius 3 is 2.79 bits per heavy atom. The highest BCUT2D eigenvalue weighted by atomic mass is 35.5. The van der Waals surface area contributed by atoms with Crippen LogP contribution in [0.5, 0.6) is 11.5 Å². The summed E-state index contributed by atoms with van der Waals surface area (Å²) in [4.78, 5) is 4.49. The minimum atomic E-state index is 0. The van der Waals surface area contributed by atoms with Gasteiger partial charge in [-0.25, -0.2) is 0 Å². The number of hydrogen-bond acceptors (Lipinski definition) is 6. The lowest BCUT2D eigenvalue weighted by Gasteiger charge is -2.08. The first kappa shape index (κ1) is 18.5. The molecule has 1 fully saturated rings. The largest absolute Gasteiger partial charge is 0.493 e. The van der Waals surface area contributed by atoms with Crippen LogP contribution in [0.1, 0.15) is 30.1 Å². The monoisotopic (exact) mass is 353 g/mol. The maximum atomic E-state index is 5.36. The predicted octanol–water partition coefficient (Wildman–Crippen LogP) is 2.64. The van der Waals surface area contributed by atoms with Crippen LogP contribution in [0.15, 0.2) is 22.7 Å². The maximum Gasteiger partial charge on any atom is 0.226 e. The third-order valence-electron chi connectivity index (χ3n) is 4.25. The van der Waals surface area contributed by atoms with Crippen molar-refractivity contribution in [2.75, 3.05) is 27.3 Å². The van der Waals surface area contributed by atoms with Gasteiger partial charge in [0.05, 0.1) is 14.2 Å². The summed E-state index contributed by atoms with van der Waals surface area (Å²) in [5, 5.41) is 7.46. The van der Waals surface area contributed by atoms with E-state index >= 15 is 0 Å². The van der Waals surface area contributed by atoms with Gasteiger partial charge in [0.25, 0.3) is 0 Å². The van der Waals surface area contributed by atoms with E-state index in [4.69, 9.17) is 14.0 Å². The van der Waals surface area contributed by atoms with Crippen molar-refractivity contribution in [1.82, 2.24) is 15.5 Å². The molecule has 0 bridgehead atoms. The summed E-state index contributed by atoms with van der Waals surface area (Å²) in [6, 6.07) is 5.82. The van der Waals surface area contributed by atoms with Crippen LogP contribution in [0.3, 0.4) is 0 Å². The van der Waals surface area contributed by atoms with Crippen LogP contribution in [0.25, 0.3) is 0 Å². The number of nitrogens with zero attached hydrogens (tertiary/aromatic N) is 2. The van der Waals surface area contributed by atoms with Crippen LogP contribution in [-0.2, 0) is 12.8 Å². The molecular formula is C17H24ClN3O3. The van der Waals surface area contributed by atoms with Gasteiger partial charge in [0.1, 0.15) is 0 Å². The fraction of sp³-hybridized carbons (Fsp3) is 0.529. The Bertz CT molecular complexity index is 642. The fourth-order valence-electron chi connectivity index (χ4n) is 2.93. The highest BCUT2D eigenvalue weighted by Gasteiger charge is 2.16. The van der Waals surface area contributed by atoms with Gasteiger partial charge < -0.3 is 19.3 Å². The molecule has 0 saturated carbocycles. The number of hydrogen-bond donors (Lipinski definition) is 1. The summed E-state index contributed by atoms with van der Waals surface area (Å²) < 4.78 is 15.9. The highest BCUT2D eigenvalue weighted by molar-refractivity contribution is 5.85. The summed E-state index contributed by atoms with van der Waals surface area (Å²) in [6.07, 6.45) is 3.82. The third-order valence-corrected chi connectivity index (χ3v) is 4.25. The van der Waals surface area contributed by atoms with Crippen molar-refractivity contribution >= 4 is 12.4 Å². The van der Waals surface area contributed by atoms with Crippen molar-refractivity contribution in [2.24, 2.45) is 5.92 Å². The van der Waals surface area contributed by atoms with Crippen LogP contribution in [0.4, 0.5) is 0 Å². The smallest absolute Gasteiger partial charge is 0.226 e. The van der Waals surface area contributed by atoms with Crippen LogP contribution < -0.4 is 14.8 Å². The van der Waals surface area contributed by atoms with Crippen molar-refractivity contribution in [3.63, 3.8) is 0 Å². The van der Waals surface area contributed by atoms with Gasteiger partial charge in [-0.2, -0.15) is 4.98 Å². The minimum Gasteiger partial charge on any atom is -0.493 e. The summed E-state index contributed by atoms with van der Waals surface area (Å²) in [5.41, 5.74) is 1.06. The van der Waals surface area contributed by atoms with Gasteiger partial charge in [-0.1, -0.05) is 11.2 Å². The van der Waals surface area contributed by atoms with E-state index in [-0.39, 0.29) is 12.4 Å². The summed E-state index contributed by atoms with van der Waals surface area (Å²) >= 11 is 0. The van der Waals surface area contributed by atoms with Gasteiger partial charge in [-0.05, 0) is 49.5 Å². The first-order chi connectivity index (χ1) is 11.3. The molecule has 24 heavy (non-hydrogen) atoms. The molecule has 7 heteroatoms. The van der Waals surface area contributed by atoms with Crippen molar-refractivity contribution in [1.29, 1.82) is 0 Å². The van der Waals surface area contributed by atoms with E-state index in [1.54, 1.807) is 14.2 Å². The topological polar surface area (TPSA) is 69.4 Å². The maximum absolute atomic E-state index is 5.36. The fourth-order valence-corrected chi connectivity index (χ4v) is 2.93. The molecule has 6 nitrogen and oxygen atoms in total. The molecule has 1 saturated heterocycles. The lowest BCUT2D eigenvalue weighted by atomic mass is 10.0. The van der Waals surface area contributed by atoms with Gasteiger partial charge >= 0.3 is 0 Å². The molecule has 1 aromatic carbocycles. The van der Waals surface area contributed by atoms with E-state index in [1.165, 1.54) is 6.42 Å². The summed E-state index contributed by atoms with van der Waals surface area (Å²) in [7, 11) is 3.26. The van der Waals surface area contributed by atoms with E-state index in [1.807, 2.05) is 18.2 Å². The highest BCUT2D eigenvalue weighted by Crippen LogP contribution is 2.28. The van der Waals surface area contributed by atoms with E-state index in [0.29, 0.717) is 18.0 Å². The molecule has 1 N–H and O–H groups in total. The van der Waals surface area contributed by atoms with Crippen molar-refractivity contribution < 1.29 is 14.0 Å². The average Bonchev–Trinajstić information content (AvgIpc) is 3.24. The Balaban J connectivity index is 0.00000208. The van der Waals surface area contributed by atoms with E-state index < -0.39 is 0 Å². The molecule has 1 unspecified atom stereocenters. The third kappa shape index (κ3) is 4.61. The number of halogens is 1. The Morgan fingerprint density at radius 2 is 2.08 bits per heavy atom. The van der Waals surface area contributed by atoms with Gasteiger partial charge in [0, 0.05) is 12.8 Å². The van der Waals surface area contributed by atoms with Gasteiger partial charge in [-0.3, -0.25) is 0 Å². The van der Waals surface area contributed by atoms with Crippen molar-refractivity contribution in [3.05, 3.63) is 35.5 Å². The lowest BCUT2D eigenvalue weighted by Crippen LogP contribution is -2.09. The molecule has 0 aliphatic carbocycles. The number of rotatable bonds is 7. The second-order valence-corrected chi connectivity index (χ2v) is 5.87. The molecule has 2 heterocycles. The molecule has 0 spiro atoms. The number of benzene rings is 1. The second-order valence-electron chi connectivity index (χ2n) is 5.87. The van der Waals surface area contributed by atoms with Crippen LogP contribution in [-0.4, -0.2) is 37.4 Å². The van der Waals surface area contributed by atoms with E-state index in [0.717, 1.165) is 49.1 Å². The first-order valence-electron chi connectivity index (χ1n) is 8.01. The Hall–Kier alpha value is -1.79. The number of aryl methyl sites for hydroxylation is 1. The molecule has 1 aliphatic heterocycles. The van der Waals surface area contributed by atoms with Crippen LogP contribution in [0.2, 0.25) is 0 Å². The van der Waals surface area contributed by atoms with Gasteiger partial charge in [0.15, 0.2) is 17.3 Å². The quantitative estimate of drug-likeness (QED) is 0.825. The molecule has 0 amide bonds. The van der Waals surface area contributed by atoms with Gasteiger partial charge in [-0.15, -0.1) is 12.4 Å². The van der Waals surface area contributed by atoms with E-state index in [9.17, 15) is 0 Å². The second kappa shape index (κ2) is 8.89. The zero-order valence-electron chi connectivity index (χ0n) is 14.1. The van der Waals surface area contributed by atoms with Crippen LogP contribution in [0, 0.1) is 5.92 Å². The molecule has 3 rings (SSSR count). The van der Waals surface area contributed by atoms with Crippen molar-refractivity contribution in [2.45, 2.75) is 25.7 Å². The minimum absolute atomic E-state index is 0. The van der Waals surface area contributed by atoms with Crippen molar-refractivity contribution in [3.8, 4) is 11.5 Å². The lowest BCUT2D eigenvalue weighted by molar-refractivity contribution is 0.354.